The molecule has 1 N–H and O–H groups in total. The van der Waals surface area contributed by atoms with Crippen LogP contribution in [0.15, 0.2) is 42.5 Å². The number of nitrogens with one attached hydrogen (secondary N) is 1. The van der Waals surface area contributed by atoms with Gasteiger partial charge < -0.3 is 10.1 Å². The van der Waals surface area contributed by atoms with Crippen LogP contribution >= 0.6 is 0 Å². The van der Waals surface area contributed by atoms with Crippen LogP contribution in [-0.4, -0.2) is 51.7 Å². The lowest BCUT2D eigenvalue weighted by molar-refractivity contribution is -0.122. The molecule has 1 atom stereocenters. The van der Waals surface area contributed by atoms with Gasteiger partial charge in [-0.05, 0) is 68.6 Å². The van der Waals surface area contributed by atoms with E-state index in [1.165, 1.54) is 25.5 Å². The molecule has 1 aliphatic heterocycles. The summed E-state index contributed by atoms with van der Waals surface area (Å²) in [5, 5.41) is 2.89. The van der Waals surface area contributed by atoms with Gasteiger partial charge in [-0.2, -0.15) is 0 Å². The summed E-state index contributed by atoms with van der Waals surface area (Å²) in [6, 6.07) is 12.5. The Balaban J connectivity index is 1.73. The molecule has 2 aromatic carbocycles. The zero-order valence-corrected chi connectivity index (χ0v) is 20.1. The number of amides is 1. The summed E-state index contributed by atoms with van der Waals surface area (Å²) < 4.78 is 31.7. The van der Waals surface area contributed by atoms with E-state index in [1.807, 2.05) is 25.1 Å². The average molecular weight is 460 g/mol. The van der Waals surface area contributed by atoms with Gasteiger partial charge in [0.15, 0.2) is 0 Å². The number of hydrogen-bond donors (Lipinski definition) is 1. The normalized spacial score (nSPS) is 15.4. The van der Waals surface area contributed by atoms with E-state index in [1.54, 1.807) is 19.1 Å². The molecule has 0 bridgehead atoms. The molecule has 1 saturated heterocycles. The topological polar surface area (TPSA) is 79.0 Å². The molecule has 1 amide bonds. The smallest absolute Gasteiger partial charge is 0.243 e. The fourth-order valence-electron chi connectivity index (χ4n) is 4.13. The number of hydrogen-bond acceptors (Lipinski definition) is 5. The SMILES string of the molecule is COc1ccc(C)cc1N([C@@H](C)C(=O)NCc1cccc(CN2CCCC2)c1)S(C)(=O)=O. The predicted octanol–water partition coefficient (Wildman–Crippen LogP) is 3.07. The van der Waals surface area contributed by atoms with Crippen molar-refractivity contribution >= 4 is 21.6 Å². The van der Waals surface area contributed by atoms with Crippen molar-refractivity contribution in [3.8, 4) is 5.75 Å². The van der Waals surface area contributed by atoms with Crippen LogP contribution in [0.5, 0.6) is 5.75 Å². The number of carbonyl (C=O) groups is 1. The van der Waals surface area contributed by atoms with Crippen LogP contribution in [-0.2, 0) is 27.9 Å². The van der Waals surface area contributed by atoms with E-state index in [-0.39, 0.29) is 5.91 Å². The van der Waals surface area contributed by atoms with Crippen molar-refractivity contribution < 1.29 is 17.9 Å². The molecule has 174 valence electrons. The molecule has 1 heterocycles. The van der Waals surface area contributed by atoms with Gasteiger partial charge in [0.05, 0.1) is 19.1 Å². The molecule has 0 aromatic heterocycles. The zero-order valence-electron chi connectivity index (χ0n) is 19.3. The minimum atomic E-state index is -3.73. The molecule has 0 saturated carbocycles. The third kappa shape index (κ3) is 6.01. The highest BCUT2D eigenvalue weighted by molar-refractivity contribution is 7.92. The molecule has 1 aliphatic rings. The summed E-state index contributed by atoms with van der Waals surface area (Å²) in [6.07, 6.45) is 3.59. The van der Waals surface area contributed by atoms with Crippen molar-refractivity contribution in [3.63, 3.8) is 0 Å². The van der Waals surface area contributed by atoms with Crippen LogP contribution in [0.3, 0.4) is 0 Å². The van der Waals surface area contributed by atoms with Gasteiger partial charge in [-0.1, -0.05) is 30.3 Å². The molecule has 8 heteroatoms. The van der Waals surface area contributed by atoms with Crippen molar-refractivity contribution in [2.24, 2.45) is 0 Å². The first-order chi connectivity index (χ1) is 15.2. The number of carbonyl (C=O) groups excluding carboxylic acids is 1. The van der Waals surface area contributed by atoms with Crippen molar-refractivity contribution in [3.05, 3.63) is 59.2 Å². The minimum Gasteiger partial charge on any atom is -0.495 e. The zero-order chi connectivity index (χ0) is 23.3. The second-order valence-electron chi connectivity index (χ2n) is 8.43. The predicted molar refractivity (Wildman–Crippen MR) is 127 cm³/mol. The third-order valence-electron chi connectivity index (χ3n) is 5.72. The maximum atomic E-state index is 13.0. The lowest BCUT2D eigenvalue weighted by Gasteiger charge is -2.29. The van der Waals surface area contributed by atoms with Crippen molar-refractivity contribution in [1.82, 2.24) is 10.2 Å². The summed E-state index contributed by atoms with van der Waals surface area (Å²) >= 11 is 0. The number of ether oxygens (including phenoxy) is 1. The van der Waals surface area contributed by atoms with E-state index in [4.69, 9.17) is 4.74 Å². The first-order valence-corrected chi connectivity index (χ1v) is 12.8. The Hall–Kier alpha value is -2.58. The first-order valence-electron chi connectivity index (χ1n) is 10.9. The van der Waals surface area contributed by atoms with Crippen LogP contribution < -0.4 is 14.4 Å². The number of aryl methyl sites for hydroxylation is 1. The summed E-state index contributed by atoms with van der Waals surface area (Å²) in [6.45, 7) is 6.95. The van der Waals surface area contributed by atoms with Crippen LogP contribution in [0.25, 0.3) is 0 Å². The Labute approximate surface area is 191 Å². The molecule has 7 nitrogen and oxygen atoms in total. The van der Waals surface area contributed by atoms with Crippen molar-refractivity contribution in [2.45, 2.75) is 45.8 Å². The van der Waals surface area contributed by atoms with E-state index in [0.29, 0.717) is 18.0 Å². The molecule has 0 spiro atoms. The molecular weight excluding hydrogens is 426 g/mol. The molecule has 3 rings (SSSR count). The number of benzene rings is 2. The molecule has 32 heavy (non-hydrogen) atoms. The quantitative estimate of drug-likeness (QED) is 0.624. The molecule has 0 aliphatic carbocycles. The summed E-state index contributed by atoms with van der Waals surface area (Å²) in [4.78, 5) is 15.4. The van der Waals surface area contributed by atoms with Gasteiger partial charge in [-0.25, -0.2) is 8.42 Å². The maximum Gasteiger partial charge on any atom is 0.243 e. The van der Waals surface area contributed by atoms with Crippen molar-refractivity contribution in [1.29, 1.82) is 0 Å². The number of nitrogens with zero attached hydrogens (tertiary/aromatic N) is 2. The molecule has 2 aromatic rings. The van der Waals surface area contributed by atoms with E-state index < -0.39 is 16.1 Å². The van der Waals surface area contributed by atoms with Gasteiger partial charge in [0.1, 0.15) is 11.8 Å². The number of anilines is 1. The Bertz CT molecular complexity index is 1050. The Morgan fingerprint density at radius 2 is 1.84 bits per heavy atom. The fourth-order valence-corrected chi connectivity index (χ4v) is 5.30. The standard InChI is InChI=1S/C24H33N3O4S/c1-18-10-11-23(31-3)22(14-18)27(32(4,29)30)19(2)24(28)25-16-20-8-7-9-21(15-20)17-26-12-5-6-13-26/h7-11,14-15,19H,5-6,12-13,16-17H2,1-4H3,(H,25,28)/t19-/m0/s1. The second kappa shape index (κ2) is 10.4. The van der Waals surface area contributed by atoms with E-state index >= 15 is 0 Å². The first kappa shape index (κ1) is 24.1. The number of likely N-dealkylation sites (tertiary alicyclic amines) is 1. The van der Waals surface area contributed by atoms with Crippen LogP contribution in [0.1, 0.15) is 36.5 Å². The Morgan fingerprint density at radius 3 is 2.50 bits per heavy atom. The van der Waals surface area contributed by atoms with Crippen LogP contribution in [0.2, 0.25) is 0 Å². The number of methoxy groups -OCH3 is 1. The van der Waals surface area contributed by atoms with E-state index in [2.05, 4.69) is 22.3 Å². The number of rotatable bonds is 9. The lowest BCUT2D eigenvalue weighted by Crippen LogP contribution is -2.47. The summed E-state index contributed by atoms with van der Waals surface area (Å²) in [7, 11) is -2.25. The van der Waals surface area contributed by atoms with Crippen LogP contribution in [0, 0.1) is 6.92 Å². The van der Waals surface area contributed by atoms with Gasteiger partial charge in [-0.3, -0.25) is 14.0 Å². The fraction of sp³-hybridized carbons (Fsp3) is 0.458. The third-order valence-corrected chi connectivity index (χ3v) is 6.95. The minimum absolute atomic E-state index is 0.333. The molecule has 1 fully saturated rings. The highest BCUT2D eigenvalue weighted by atomic mass is 32.2. The Kier molecular flexibility index (Phi) is 7.79. The van der Waals surface area contributed by atoms with E-state index in [9.17, 15) is 13.2 Å². The average Bonchev–Trinajstić information content (AvgIpc) is 3.24. The highest BCUT2D eigenvalue weighted by Gasteiger charge is 2.31. The maximum absolute atomic E-state index is 13.0. The Morgan fingerprint density at radius 1 is 1.16 bits per heavy atom. The van der Waals surface area contributed by atoms with Gasteiger partial charge in [0, 0.05) is 13.1 Å². The largest absolute Gasteiger partial charge is 0.495 e. The van der Waals surface area contributed by atoms with Crippen LogP contribution in [0.4, 0.5) is 5.69 Å². The molecular formula is C24H33N3O4S. The number of sulfonamides is 1. The van der Waals surface area contributed by atoms with Gasteiger partial charge >= 0.3 is 0 Å². The van der Waals surface area contributed by atoms with Crippen molar-refractivity contribution in [2.75, 3.05) is 30.8 Å². The van der Waals surface area contributed by atoms with Gasteiger partial charge in [-0.15, -0.1) is 0 Å². The van der Waals surface area contributed by atoms with Gasteiger partial charge in [0.25, 0.3) is 0 Å². The lowest BCUT2D eigenvalue weighted by atomic mass is 10.1. The summed E-state index contributed by atoms with van der Waals surface area (Å²) in [5.41, 5.74) is 3.43. The monoisotopic (exact) mass is 459 g/mol. The molecule has 0 unspecified atom stereocenters. The van der Waals surface area contributed by atoms with Gasteiger partial charge in [0.2, 0.25) is 15.9 Å². The highest BCUT2D eigenvalue weighted by Crippen LogP contribution is 2.32. The van der Waals surface area contributed by atoms with E-state index in [0.717, 1.165) is 41.3 Å². The summed E-state index contributed by atoms with van der Waals surface area (Å²) in [5.74, 6) is 0.0271. The second-order valence-corrected chi connectivity index (χ2v) is 10.3. The molecule has 0 radical (unpaired) electrons.